The van der Waals surface area contributed by atoms with E-state index < -0.39 is 28.6 Å². The molecule has 0 saturated carbocycles. The van der Waals surface area contributed by atoms with Gasteiger partial charge in [0, 0.05) is 60.3 Å². The average Bonchev–Trinajstić information content (AvgIpc) is 2.56. The van der Waals surface area contributed by atoms with Gasteiger partial charge in [-0.3, -0.25) is 9.78 Å². The quantitative estimate of drug-likeness (QED) is 0.735. The second-order valence-electron chi connectivity index (χ2n) is 5.15. The largest absolute Gasteiger partial charge is 0.477 e. The Kier molecular flexibility index (Phi) is 5.72. The van der Waals surface area contributed by atoms with Crippen molar-refractivity contribution in [3.05, 3.63) is 64.2 Å². The SMILES string of the molecule is CCn1cc(C(=O)O)c(=O)c2cc(F)c(-c3cccnc3)c(F)c21.[Na]. The number of halogens is 2. The van der Waals surface area contributed by atoms with E-state index in [2.05, 4.69) is 4.98 Å². The van der Waals surface area contributed by atoms with Gasteiger partial charge < -0.3 is 9.67 Å². The number of nitrogens with zero attached hydrogens (tertiary/aromatic N) is 2. The first-order valence-electron chi connectivity index (χ1n) is 7.14. The van der Waals surface area contributed by atoms with Gasteiger partial charge in [0.25, 0.3) is 0 Å². The number of hydrogen-bond acceptors (Lipinski definition) is 3. The summed E-state index contributed by atoms with van der Waals surface area (Å²) < 4.78 is 30.7. The van der Waals surface area contributed by atoms with Crippen LogP contribution < -0.4 is 5.43 Å². The van der Waals surface area contributed by atoms with Crippen LogP contribution in [0.5, 0.6) is 0 Å². The Morgan fingerprint density at radius 3 is 2.64 bits per heavy atom. The number of carboxylic acid groups (broad SMARTS) is 1. The molecule has 0 fully saturated rings. The van der Waals surface area contributed by atoms with Crippen LogP contribution >= 0.6 is 0 Å². The molecule has 0 aliphatic rings. The van der Waals surface area contributed by atoms with Gasteiger partial charge in [-0.1, -0.05) is 6.07 Å². The molecular weight excluding hydrogens is 341 g/mol. The third-order valence-corrected chi connectivity index (χ3v) is 3.78. The van der Waals surface area contributed by atoms with Crippen molar-refractivity contribution < 1.29 is 18.7 Å². The number of aromatic carboxylic acids is 1. The molecule has 0 aliphatic heterocycles. The van der Waals surface area contributed by atoms with Crippen LogP contribution in [0.1, 0.15) is 17.3 Å². The molecule has 0 amide bonds. The molecular formula is C17H12F2N2NaO3. The third-order valence-electron chi connectivity index (χ3n) is 3.78. The number of benzene rings is 1. The summed E-state index contributed by atoms with van der Waals surface area (Å²) in [5, 5.41) is 8.80. The van der Waals surface area contributed by atoms with Gasteiger partial charge in [0.1, 0.15) is 11.4 Å². The van der Waals surface area contributed by atoms with Gasteiger partial charge in [0.05, 0.1) is 16.5 Å². The van der Waals surface area contributed by atoms with Crippen molar-refractivity contribution in [2.24, 2.45) is 0 Å². The van der Waals surface area contributed by atoms with Gasteiger partial charge in [-0.2, -0.15) is 0 Å². The Morgan fingerprint density at radius 1 is 1.36 bits per heavy atom. The zero-order chi connectivity index (χ0) is 17.4. The zero-order valence-corrected chi connectivity index (χ0v) is 15.6. The van der Waals surface area contributed by atoms with Crippen molar-refractivity contribution in [2.75, 3.05) is 0 Å². The average molecular weight is 353 g/mol. The van der Waals surface area contributed by atoms with Crippen LogP contribution in [0.4, 0.5) is 8.78 Å². The van der Waals surface area contributed by atoms with E-state index in [-0.39, 0.29) is 58.1 Å². The molecule has 25 heavy (non-hydrogen) atoms. The minimum atomic E-state index is -1.44. The van der Waals surface area contributed by atoms with Crippen LogP contribution in [0.25, 0.3) is 22.0 Å². The number of aryl methyl sites for hydroxylation is 1. The summed E-state index contributed by atoms with van der Waals surface area (Å²) in [6, 6.07) is 3.92. The van der Waals surface area contributed by atoms with Gasteiger partial charge >= 0.3 is 5.97 Å². The van der Waals surface area contributed by atoms with E-state index >= 15 is 4.39 Å². The van der Waals surface area contributed by atoms with Crippen LogP contribution in [-0.4, -0.2) is 50.2 Å². The number of hydrogen-bond donors (Lipinski definition) is 1. The zero-order valence-electron chi connectivity index (χ0n) is 13.6. The molecule has 1 aromatic carbocycles. The maximum Gasteiger partial charge on any atom is 0.341 e. The minimum absolute atomic E-state index is 0. The van der Waals surface area contributed by atoms with Crippen molar-refractivity contribution >= 4 is 46.4 Å². The molecule has 0 bridgehead atoms. The molecule has 5 nitrogen and oxygen atoms in total. The maximum absolute atomic E-state index is 15.0. The number of pyridine rings is 2. The Balaban J connectivity index is 0.00000225. The fourth-order valence-corrected chi connectivity index (χ4v) is 2.66. The second kappa shape index (κ2) is 7.43. The minimum Gasteiger partial charge on any atom is -0.477 e. The van der Waals surface area contributed by atoms with Gasteiger partial charge in [0.2, 0.25) is 5.43 Å². The van der Waals surface area contributed by atoms with Crippen LogP contribution in [0.2, 0.25) is 0 Å². The first-order valence-corrected chi connectivity index (χ1v) is 7.14. The molecule has 2 aromatic heterocycles. The first kappa shape index (κ1) is 19.2. The summed E-state index contributed by atoms with van der Waals surface area (Å²) in [7, 11) is 0. The van der Waals surface area contributed by atoms with Gasteiger partial charge in [0.15, 0.2) is 5.82 Å². The smallest absolute Gasteiger partial charge is 0.341 e. The fraction of sp³-hybridized carbons (Fsp3) is 0.118. The van der Waals surface area contributed by atoms with E-state index in [0.717, 1.165) is 12.3 Å². The summed E-state index contributed by atoms with van der Waals surface area (Å²) in [6.07, 6.45) is 3.86. The predicted octanol–water partition coefficient (Wildman–Crippen LogP) is 2.68. The molecule has 1 N–H and O–H groups in total. The molecule has 0 aliphatic carbocycles. The molecule has 0 unspecified atom stereocenters. The van der Waals surface area contributed by atoms with Gasteiger partial charge in [-0.05, 0) is 19.1 Å². The number of carbonyl (C=O) groups is 1. The van der Waals surface area contributed by atoms with Gasteiger partial charge in [-0.15, -0.1) is 0 Å². The standard InChI is InChI=1S/C17H12F2N2O3.Na/c1-2-21-8-11(17(23)24)16(22)10-6-12(18)13(14(19)15(10)21)9-4-3-5-20-7-9;/h3-8H,2H2,1H3,(H,23,24);. The summed E-state index contributed by atoms with van der Waals surface area (Å²) in [5.41, 5.74) is -1.66. The van der Waals surface area contributed by atoms with Crippen molar-refractivity contribution in [1.29, 1.82) is 0 Å². The Hall–Kier alpha value is -2.09. The summed E-state index contributed by atoms with van der Waals surface area (Å²) in [5.74, 6) is -3.31. The van der Waals surface area contributed by atoms with Crippen LogP contribution in [0, 0.1) is 11.6 Å². The van der Waals surface area contributed by atoms with E-state index in [1.807, 2.05) is 0 Å². The van der Waals surface area contributed by atoms with Crippen LogP contribution in [0.3, 0.4) is 0 Å². The van der Waals surface area contributed by atoms with Crippen molar-refractivity contribution in [3.8, 4) is 11.1 Å². The molecule has 1 radical (unpaired) electrons. The number of aromatic nitrogens is 2. The van der Waals surface area contributed by atoms with E-state index in [1.165, 1.54) is 23.0 Å². The first-order chi connectivity index (χ1) is 11.5. The fourth-order valence-electron chi connectivity index (χ4n) is 2.66. The third kappa shape index (κ3) is 3.22. The van der Waals surface area contributed by atoms with Crippen molar-refractivity contribution in [2.45, 2.75) is 13.5 Å². The van der Waals surface area contributed by atoms with Crippen LogP contribution in [0.15, 0.2) is 41.6 Å². The molecule has 0 saturated heterocycles. The Labute approximate surface area is 163 Å². The molecule has 8 heteroatoms. The maximum atomic E-state index is 15.0. The number of fused-ring (bicyclic) bond motifs is 1. The molecule has 0 atom stereocenters. The summed E-state index contributed by atoms with van der Waals surface area (Å²) in [6.45, 7) is 1.88. The van der Waals surface area contributed by atoms with E-state index in [9.17, 15) is 14.0 Å². The van der Waals surface area contributed by atoms with Crippen molar-refractivity contribution in [1.82, 2.24) is 9.55 Å². The second-order valence-corrected chi connectivity index (χ2v) is 5.15. The van der Waals surface area contributed by atoms with Crippen molar-refractivity contribution in [3.63, 3.8) is 0 Å². The Bertz CT molecular complexity index is 1020. The summed E-state index contributed by atoms with van der Waals surface area (Å²) >= 11 is 0. The number of rotatable bonds is 3. The molecule has 123 valence electrons. The topological polar surface area (TPSA) is 72.2 Å². The molecule has 2 heterocycles. The number of carboxylic acids is 1. The monoisotopic (exact) mass is 353 g/mol. The van der Waals surface area contributed by atoms with Crippen LogP contribution in [-0.2, 0) is 6.54 Å². The van der Waals surface area contributed by atoms with Gasteiger partial charge in [-0.25, -0.2) is 13.6 Å². The molecule has 3 rings (SSSR count). The normalized spacial score (nSPS) is 10.5. The predicted molar refractivity (Wildman–Crippen MR) is 89.7 cm³/mol. The van der Waals surface area contributed by atoms with E-state index in [4.69, 9.17) is 5.11 Å². The summed E-state index contributed by atoms with van der Waals surface area (Å²) in [4.78, 5) is 27.3. The van der Waals surface area contributed by atoms with E-state index in [1.54, 1.807) is 13.0 Å². The van der Waals surface area contributed by atoms with E-state index in [0.29, 0.717) is 0 Å². The molecule has 0 spiro atoms. The molecule has 3 aromatic rings. The Morgan fingerprint density at radius 2 is 2.08 bits per heavy atom.